The number of benzene rings is 1. The number of hydrogen-bond donors (Lipinski definition) is 1. The Bertz CT molecular complexity index is 977. The van der Waals surface area contributed by atoms with Crippen molar-refractivity contribution in [3.8, 4) is 11.4 Å². The normalized spacial score (nSPS) is 14.9. The Balaban J connectivity index is 1.68. The summed E-state index contributed by atoms with van der Waals surface area (Å²) >= 11 is 0. The number of piperidine rings is 1. The van der Waals surface area contributed by atoms with Crippen molar-refractivity contribution in [3.63, 3.8) is 0 Å². The number of nitrogens with one attached hydrogen (secondary N) is 1. The van der Waals surface area contributed by atoms with Crippen LogP contribution in [0.4, 0.5) is 0 Å². The number of aryl methyl sites for hydroxylation is 1. The van der Waals surface area contributed by atoms with Gasteiger partial charge in [0.25, 0.3) is 5.56 Å². The minimum atomic E-state index is -3.29. The lowest BCUT2D eigenvalue weighted by molar-refractivity contribution is -0.132. The average Bonchev–Trinajstić information content (AvgIpc) is 2.67. The molecule has 0 radical (unpaired) electrons. The van der Waals surface area contributed by atoms with E-state index in [2.05, 4.69) is 15.2 Å². The Morgan fingerprint density at radius 3 is 2.37 bits per heavy atom. The number of carbonyl (C=O) groups excluding carboxylic acids is 1. The van der Waals surface area contributed by atoms with Crippen LogP contribution in [0.15, 0.2) is 34.0 Å². The molecule has 1 fully saturated rings. The summed E-state index contributed by atoms with van der Waals surface area (Å²) in [7, 11) is -3.29. The molecule has 0 unspecified atom stereocenters. The van der Waals surface area contributed by atoms with Crippen molar-refractivity contribution in [2.45, 2.75) is 37.0 Å². The number of sulfone groups is 1. The quantitative estimate of drug-likeness (QED) is 0.820. The minimum absolute atomic E-state index is 0.0383. The predicted molar refractivity (Wildman–Crippen MR) is 100.0 cm³/mol. The van der Waals surface area contributed by atoms with Crippen molar-refractivity contribution in [2.75, 3.05) is 19.3 Å². The molecular weight excluding hydrogens is 368 g/mol. The first-order valence-electron chi connectivity index (χ1n) is 8.89. The highest BCUT2D eigenvalue weighted by molar-refractivity contribution is 7.90. The summed E-state index contributed by atoms with van der Waals surface area (Å²) < 4.78 is 23.0. The lowest BCUT2D eigenvalue weighted by atomic mass is 10.1. The van der Waals surface area contributed by atoms with Gasteiger partial charge >= 0.3 is 0 Å². The van der Waals surface area contributed by atoms with E-state index in [9.17, 15) is 18.0 Å². The first-order chi connectivity index (χ1) is 12.8. The zero-order valence-corrected chi connectivity index (χ0v) is 16.0. The molecule has 144 valence electrons. The van der Waals surface area contributed by atoms with Crippen LogP contribution in [0, 0.1) is 0 Å². The molecule has 1 amide bonds. The van der Waals surface area contributed by atoms with Crippen LogP contribution in [0.25, 0.3) is 11.4 Å². The van der Waals surface area contributed by atoms with Gasteiger partial charge in [-0.15, -0.1) is 10.2 Å². The lowest BCUT2D eigenvalue weighted by Crippen LogP contribution is -2.36. The number of hydrogen-bond acceptors (Lipinski definition) is 6. The number of carbonyl (C=O) groups is 1. The second-order valence-electron chi connectivity index (χ2n) is 6.69. The topological polar surface area (TPSA) is 113 Å². The number of nitrogens with zero attached hydrogens (tertiary/aromatic N) is 3. The van der Waals surface area contributed by atoms with Gasteiger partial charge in [-0.1, -0.05) is 0 Å². The summed E-state index contributed by atoms with van der Waals surface area (Å²) in [6.45, 7) is 1.56. The molecule has 8 nitrogen and oxygen atoms in total. The lowest BCUT2D eigenvalue weighted by Gasteiger charge is -2.26. The van der Waals surface area contributed by atoms with Crippen LogP contribution in [0.1, 0.15) is 31.4 Å². The fourth-order valence-corrected chi connectivity index (χ4v) is 3.67. The van der Waals surface area contributed by atoms with Gasteiger partial charge in [-0.25, -0.2) is 8.42 Å². The summed E-state index contributed by atoms with van der Waals surface area (Å²) in [4.78, 5) is 29.1. The van der Waals surface area contributed by atoms with E-state index >= 15 is 0 Å². The third-order valence-corrected chi connectivity index (χ3v) is 5.73. The SMILES string of the molecule is CS(=O)(=O)c1ccc(-c2nnc(CCC(=O)N3CCCCC3)c(=O)[nH]2)cc1. The largest absolute Gasteiger partial charge is 0.343 e. The van der Waals surface area contributed by atoms with Gasteiger partial charge in [-0.2, -0.15) is 0 Å². The van der Waals surface area contributed by atoms with Gasteiger partial charge in [0.1, 0.15) is 5.69 Å². The highest BCUT2D eigenvalue weighted by atomic mass is 32.2. The van der Waals surface area contributed by atoms with E-state index in [4.69, 9.17) is 0 Å². The molecule has 1 aliphatic rings. The molecule has 2 aromatic rings. The molecule has 1 saturated heterocycles. The van der Waals surface area contributed by atoms with Crippen molar-refractivity contribution in [1.82, 2.24) is 20.1 Å². The highest BCUT2D eigenvalue weighted by Gasteiger charge is 2.17. The fraction of sp³-hybridized carbons (Fsp3) is 0.444. The Morgan fingerprint density at radius 2 is 1.78 bits per heavy atom. The highest BCUT2D eigenvalue weighted by Crippen LogP contribution is 2.17. The number of likely N-dealkylation sites (tertiary alicyclic amines) is 1. The van der Waals surface area contributed by atoms with Crippen LogP contribution in [-0.2, 0) is 21.1 Å². The standard InChI is InChI=1S/C18H22N4O4S/c1-27(25,26)14-7-5-13(6-8-14)17-19-18(24)15(20-21-17)9-10-16(23)22-11-3-2-4-12-22/h5-8H,2-4,9-12H2,1H3,(H,19,21,24). The van der Waals surface area contributed by atoms with Crippen molar-refractivity contribution in [3.05, 3.63) is 40.3 Å². The summed E-state index contributed by atoms with van der Waals surface area (Å²) in [6, 6.07) is 6.04. The monoisotopic (exact) mass is 390 g/mol. The van der Waals surface area contributed by atoms with Gasteiger partial charge in [0, 0.05) is 37.8 Å². The molecule has 0 saturated carbocycles. The molecule has 9 heteroatoms. The van der Waals surface area contributed by atoms with Crippen molar-refractivity contribution >= 4 is 15.7 Å². The summed E-state index contributed by atoms with van der Waals surface area (Å²) in [6.07, 6.45) is 4.81. The molecule has 27 heavy (non-hydrogen) atoms. The van der Waals surface area contributed by atoms with Gasteiger partial charge in [0.2, 0.25) is 5.91 Å². The first kappa shape index (κ1) is 19.2. The summed E-state index contributed by atoms with van der Waals surface area (Å²) in [5, 5.41) is 7.97. The zero-order valence-electron chi connectivity index (χ0n) is 15.1. The molecule has 1 aromatic heterocycles. The minimum Gasteiger partial charge on any atom is -0.343 e. The number of amides is 1. The average molecular weight is 390 g/mol. The molecule has 3 rings (SSSR count). The molecule has 0 atom stereocenters. The molecule has 0 bridgehead atoms. The van der Waals surface area contributed by atoms with Crippen LogP contribution in [0.2, 0.25) is 0 Å². The van der Waals surface area contributed by atoms with E-state index in [0.29, 0.717) is 5.56 Å². The Hall–Kier alpha value is -2.55. The smallest absolute Gasteiger partial charge is 0.273 e. The summed E-state index contributed by atoms with van der Waals surface area (Å²) in [5.41, 5.74) is 0.387. The van der Waals surface area contributed by atoms with E-state index < -0.39 is 15.4 Å². The van der Waals surface area contributed by atoms with Crippen LogP contribution in [0.3, 0.4) is 0 Å². The fourth-order valence-electron chi connectivity index (χ4n) is 3.04. The van der Waals surface area contributed by atoms with E-state index in [-0.39, 0.29) is 35.2 Å². The molecule has 1 N–H and O–H groups in total. The molecule has 1 aromatic carbocycles. The second-order valence-corrected chi connectivity index (χ2v) is 8.70. The Kier molecular flexibility index (Phi) is 5.69. The number of aromatic amines is 1. The van der Waals surface area contributed by atoms with E-state index in [1.165, 1.54) is 12.1 Å². The predicted octanol–water partition coefficient (Wildman–Crippen LogP) is 1.18. The van der Waals surface area contributed by atoms with Crippen LogP contribution in [0.5, 0.6) is 0 Å². The third-order valence-electron chi connectivity index (χ3n) is 4.61. The number of rotatable bonds is 5. The van der Waals surface area contributed by atoms with Gasteiger partial charge in [-0.05, 0) is 43.5 Å². The van der Waals surface area contributed by atoms with Crippen molar-refractivity contribution in [2.24, 2.45) is 0 Å². The number of H-pyrrole nitrogens is 1. The van der Waals surface area contributed by atoms with Crippen LogP contribution < -0.4 is 5.56 Å². The number of aromatic nitrogens is 3. The Labute approximate surface area is 157 Å². The Morgan fingerprint density at radius 1 is 1.11 bits per heavy atom. The van der Waals surface area contributed by atoms with Gasteiger partial charge in [-0.3, -0.25) is 9.59 Å². The van der Waals surface area contributed by atoms with Crippen LogP contribution >= 0.6 is 0 Å². The van der Waals surface area contributed by atoms with Gasteiger partial charge < -0.3 is 9.88 Å². The molecule has 2 heterocycles. The molecule has 1 aliphatic heterocycles. The van der Waals surface area contributed by atoms with E-state index in [0.717, 1.165) is 38.6 Å². The van der Waals surface area contributed by atoms with E-state index in [1.54, 1.807) is 12.1 Å². The van der Waals surface area contributed by atoms with Gasteiger partial charge in [0.05, 0.1) is 4.90 Å². The summed E-state index contributed by atoms with van der Waals surface area (Å²) in [5.74, 6) is 0.294. The maximum atomic E-state index is 12.2. The second kappa shape index (κ2) is 7.99. The maximum absolute atomic E-state index is 12.2. The van der Waals surface area contributed by atoms with Crippen molar-refractivity contribution in [1.29, 1.82) is 0 Å². The van der Waals surface area contributed by atoms with Crippen molar-refractivity contribution < 1.29 is 13.2 Å². The molecular formula is C18H22N4O4S. The van der Waals surface area contributed by atoms with Gasteiger partial charge in [0.15, 0.2) is 15.7 Å². The van der Waals surface area contributed by atoms with Crippen LogP contribution in [-0.4, -0.2) is 53.8 Å². The first-order valence-corrected chi connectivity index (χ1v) is 10.8. The third kappa shape index (κ3) is 4.79. The molecule has 0 spiro atoms. The zero-order chi connectivity index (χ0) is 19.4. The maximum Gasteiger partial charge on any atom is 0.273 e. The molecule has 0 aliphatic carbocycles. The van der Waals surface area contributed by atoms with E-state index in [1.807, 2.05) is 4.90 Å².